The average Bonchev–Trinajstić information content (AvgIpc) is 2.91. The lowest BCUT2D eigenvalue weighted by Gasteiger charge is -2.41. The standard InChI is InChI=1S/C14H15F2N5O2/c1-21-8-18-20-11(21)9-5-10(7-17-6-9)19-12(22)14(15,16)13(23)3-2-4-13/h5-8,23H,2-4H2,1H3,(H,19,22). The fraction of sp³-hybridized carbons (Fsp3) is 0.429. The second-order valence-corrected chi connectivity index (χ2v) is 5.64. The zero-order valence-electron chi connectivity index (χ0n) is 12.3. The van der Waals surface area contributed by atoms with Gasteiger partial charge in [0, 0.05) is 18.8 Å². The first-order chi connectivity index (χ1) is 10.8. The van der Waals surface area contributed by atoms with Gasteiger partial charge in [0.15, 0.2) is 5.82 Å². The normalized spacial score (nSPS) is 16.7. The molecule has 0 radical (unpaired) electrons. The minimum absolute atomic E-state index is 0.0926. The number of pyridine rings is 1. The monoisotopic (exact) mass is 323 g/mol. The third-order valence-corrected chi connectivity index (χ3v) is 4.02. The van der Waals surface area contributed by atoms with Gasteiger partial charge in [0.05, 0.1) is 11.9 Å². The predicted octanol–water partition coefficient (Wildman–Crippen LogP) is 1.37. The van der Waals surface area contributed by atoms with Crippen LogP contribution in [0.5, 0.6) is 0 Å². The van der Waals surface area contributed by atoms with Gasteiger partial charge in [-0.15, -0.1) is 10.2 Å². The Morgan fingerprint density at radius 1 is 1.43 bits per heavy atom. The number of nitrogens with one attached hydrogen (secondary N) is 1. The fourth-order valence-corrected chi connectivity index (χ4v) is 2.42. The van der Waals surface area contributed by atoms with E-state index in [1.54, 1.807) is 11.6 Å². The van der Waals surface area contributed by atoms with E-state index in [2.05, 4.69) is 20.5 Å². The number of aliphatic hydroxyl groups is 1. The van der Waals surface area contributed by atoms with Crippen molar-refractivity contribution in [3.63, 3.8) is 0 Å². The van der Waals surface area contributed by atoms with E-state index in [-0.39, 0.29) is 18.5 Å². The molecule has 2 aromatic heterocycles. The highest BCUT2D eigenvalue weighted by molar-refractivity contribution is 5.97. The van der Waals surface area contributed by atoms with E-state index in [0.29, 0.717) is 17.8 Å². The van der Waals surface area contributed by atoms with Gasteiger partial charge in [-0.25, -0.2) is 0 Å². The third kappa shape index (κ3) is 2.56. The van der Waals surface area contributed by atoms with Crippen molar-refractivity contribution in [2.75, 3.05) is 5.32 Å². The zero-order valence-corrected chi connectivity index (χ0v) is 12.3. The van der Waals surface area contributed by atoms with Crippen LogP contribution in [0.2, 0.25) is 0 Å². The first-order valence-electron chi connectivity index (χ1n) is 7.04. The predicted molar refractivity (Wildman–Crippen MR) is 76.6 cm³/mol. The highest BCUT2D eigenvalue weighted by atomic mass is 19.3. The SMILES string of the molecule is Cn1cnnc1-c1cncc(NC(=O)C(F)(F)C2(O)CCC2)c1. The molecule has 9 heteroatoms. The number of halogens is 2. The van der Waals surface area contributed by atoms with E-state index < -0.39 is 17.4 Å². The fourth-order valence-electron chi connectivity index (χ4n) is 2.42. The van der Waals surface area contributed by atoms with Crippen LogP contribution in [0.25, 0.3) is 11.4 Å². The number of nitrogens with zero attached hydrogens (tertiary/aromatic N) is 4. The molecule has 1 aliphatic carbocycles. The first kappa shape index (κ1) is 15.5. The molecule has 1 amide bonds. The van der Waals surface area contributed by atoms with Crippen LogP contribution < -0.4 is 5.32 Å². The average molecular weight is 323 g/mol. The molecule has 2 N–H and O–H groups in total. The Morgan fingerprint density at radius 2 is 2.17 bits per heavy atom. The quantitative estimate of drug-likeness (QED) is 0.886. The molecule has 1 fully saturated rings. The number of carbonyl (C=O) groups is 1. The Morgan fingerprint density at radius 3 is 2.74 bits per heavy atom. The Bertz CT molecular complexity index is 742. The van der Waals surface area contributed by atoms with Crippen molar-refractivity contribution in [2.45, 2.75) is 30.8 Å². The summed E-state index contributed by atoms with van der Waals surface area (Å²) >= 11 is 0. The molecule has 7 nitrogen and oxygen atoms in total. The minimum atomic E-state index is -3.86. The van der Waals surface area contributed by atoms with Gasteiger partial charge in [0.25, 0.3) is 5.91 Å². The van der Waals surface area contributed by atoms with E-state index in [4.69, 9.17) is 0 Å². The third-order valence-electron chi connectivity index (χ3n) is 4.02. The van der Waals surface area contributed by atoms with Gasteiger partial charge in [0.1, 0.15) is 11.9 Å². The number of amides is 1. The van der Waals surface area contributed by atoms with Crippen LogP contribution in [0.4, 0.5) is 14.5 Å². The molecule has 122 valence electrons. The van der Waals surface area contributed by atoms with Crippen LogP contribution in [0, 0.1) is 0 Å². The Balaban J connectivity index is 1.81. The molecule has 3 rings (SSSR count). The largest absolute Gasteiger partial charge is 0.383 e. The van der Waals surface area contributed by atoms with Crippen molar-refractivity contribution in [1.82, 2.24) is 19.7 Å². The maximum atomic E-state index is 14.1. The molecule has 1 saturated carbocycles. The Hall–Kier alpha value is -2.42. The molecule has 0 saturated heterocycles. The van der Waals surface area contributed by atoms with Gasteiger partial charge in [-0.3, -0.25) is 9.78 Å². The van der Waals surface area contributed by atoms with Crippen LogP contribution in [0.3, 0.4) is 0 Å². The van der Waals surface area contributed by atoms with Crippen molar-refractivity contribution in [3.05, 3.63) is 24.8 Å². The molecule has 0 atom stereocenters. The molecular weight excluding hydrogens is 308 g/mol. The lowest BCUT2D eigenvalue weighted by Crippen LogP contribution is -2.59. The molecular formula is C14H15F2N5O2. The number of anilines is 1. The van der Waals surface area contributed by atoms with Gasteiger partial charge in [-0.1, -0.05) is 0 Å². The maximum absolute atomic E-state index is 14.1. The van der Waals surface area contributed by atoms with E-state index >= 15 is 0 Å². The molecule has 0 spiro atoms. The van der Waals surface area contributed by atoms with E-state index in [0.717, 1.165) is 0 Å². The second kappa shape index (κ2) is 5.34. The summed E-state index contributed by atoms with van der Waals surface area (Å²) in [6.07, 6.45) is 4.51. The van der Waals surface area contributed by atoms with E-state index in [9.17, 15) is 18.7 Å². The van der Waals surface area contributed by atoms with Crippen molar-refractivity contribution in [2.24, 2.45) is 7.05 Å². The molecule has 2 heterocycles. The first-order valence-corrected chi connectivity index (χ1v) is 7.04. The van der Waals surface area contributed by atoms with Crippen LogP contribution in [-0.2, 0) is 11.8 Å². The summed E-state index contributed by atoms with van der Waals surface area (Å²) < 4.78 is 29.8. The number of rotatable bonds is 4. The number of alkyl halides is 2. The van der Waals surface area contributed by atoms with Crippen molar-refractivity contribution >= 4 is 11.6 Å². The molecule has 0 aromatic carbocycles. The molecule has 23 heavy (non-hydrogen) atoms. The lowest BCUT2D eigenvalue weighted by molar-refractivity contribution is -0.212. The second-order valence-electron chi connectivity index (χ2n) is 5.64. The highest BCUT2D eigenvalue weighted by Crippen LogP contribution is 2.44. The Kier molecular flexibility index (Phi) is 3.59. The molecule has 0 unspecified atom stereocenters. The molecule has 0 bridgehead atoms. The minimum Gasteiger partial charge on any atom is -0.383 e. The van der Waals surface area contributed by atoms with Crippen LogP contribution in [-0.4, -0.2) is 42.3 Å². The summed E-state index contributed by atoms with van der Waals surface area (Å²) in [7, 11) is 1.72. The highest BCUT2D eigenvalue weighted by Gasteiger charge is 2.61. The zero-order chi connectivity index (χ0) is 16.7. The van der Waals surface area contributed by atoms with Crippen LogP contribution >= 0.6 is 0 Å². The van der Waals surface area contributed by atoms with Gasteiger partial charge in [-0.05, 0) is 25.3 Å². The number of hydrogen-bond donors (Lipinski definition) is 2. The molecule has 1 aliphatic rings. The lowest BCUT2D eigenvalue weighted by atomic mass is 9.75. The van der Waals surface area contributed by atoms with Crippen LogP contribution in [0.15, 0.2) is 24.8 Å². The smallest absolute Gasteiger partial charge is 0.352 e. The summed E-state index contributed by atoms with van der Waals surface area (Å²) in [4.78, 5) is 15.8. The number of aryl methyl sites for hydroxylation is 1. The summed E-state index contributed by atoms with van der Waals surface area (Å²) in [6.45, 7) is 0. The van der Waals surface area contributed by atoms with Crippen molar-refractivity contribution < 1.29 is 18.7 Å². The summed E-state index contributed by atoms with van der Waals surface area (Å²) in [5.41, 5.74) is -1.64. The van der Waals surface area contributed by atoms with E-state index in [1.807, 2.05) is 0 Å². The number of hydrogen-bond acceptors (Lipinski definition) is 5. The molecule has 2 aromatic rings. The maximum Gasteiger partial charge on any atom is 0.352 e. The van der Waals surface area contributed by atoms with Gasteiger partial charge in [-0.2, -0.15) is 8.78 Å². The Labute approximate surface area is 130 Å². The van der Waals surface area contributed by atoms with Gasteiger partial charge < -0.3 is 15.0 Å². The summed E-state index contributed by atoms with van der Waals surface area (Å²) in [6, 6.07) is 1.47. The number of aromatic nitrogens is 4. The van der Waals surface area contributed by atoms with E-state index in [1.165, 1.54) is 24.8 Å². The van der Waals surface area contributed by atoms with Gasteiger partial charge in [0.2, 0.25) is 0 Å². The number of carbonyl (C=O) groups excluding carboxylic acids is 1. The summed E-state index contributed by atoms with van der Waals surface area (Å²) in [5.74, 6) is -4.92. The molecule has 0 aliphatic heterocycles. The van der Waals surface area contributed by atoms with Crippen molar-refractivity contribution in [1.29, 1.82) is 0 Å². The van der Waals surface area contributed by atoms with Crippen LogP contribution in [0.1, 0.15) is 19.3 Å². The van der Waals surface area contributed by atoms with Gasteiger partial charge >= 0.3 is 5.92 Å². The topological polar surface area (TPSA) is 92.9 Å². The van der Waals surface area contributed by atoms with Crippen molar-refractivity contribution in [3.8, 4) is 11.4 Å². The summed E-state index contributed by atoms with van der Waals surface area (Å²) in [5, 5.41) is 19.5.